The number of rotatable bonds is 1. The van der Waals surface area contributed by atoms with Gasteiger partial charge >= 0.3 is 0 Å². The number of nitrogens with zero attached hydrogens (tertiary/aromatic N) is 2. The summed E-state index contributed by atoms with van der Waals surface area (Å²) < 4.78 is 14.9. The first-order chi connectivity index (χ1) is 9.54. The van der Waals surface area contributed by atoms with Crippen LogP contribution in [0.4, 0.5) is 4.39 Å². The highest BCUT2D eigenvalue weighted by molar-refractivity contribution is 9.10. The van der Waals surface area contributed by atoms with Crippen molar-refractivity contribution < 1.29 is 4.39 Å². The molecule has 0 N–H and O–H groups in total. The molecule has 3 aromatic rings. The second kappa shape index (κ2) is 5.11. The van der Waals surface area contributed by atoms with Crippen LogP contribution in [0.15, 0.2) is 40.9 Å². The predicted octanol–water partition coefficient (Wildman–Crippen LogP) is 5.16. The van der Waals surface area contributed by atoms with E-state index in [9.17, 15) is 4.39 Å². The summed E-state index contributed by atoms with van der Waals surface area (Å²) >= 11 is 9.55. The maximum absolute atomic E-state index is 14.0. The quantitative estimate of drug-likeness (QED) is 0.566. The normalized spacial score (nSPS) is 11.0. The SMILES string of the molecule is Cc1ccc(-c2nc(Cl)c3cc(Br)ccc3n2)c(F)c1. The summed E-state index contributed by atoms with van der Waals surface area (Å²) in [6.45, 7) is 1.83. The number of halogens is 3. The van der Waals surface area contributed by atoms with Gasteiger partial charge < -0.3 is 0 Å². The molecule has 1 heterocycles. The molecule has 3 rings (SSSR count). The molecule has 100 valence electrons. The van der Waals surface area contributed by atoms with Gasteiger partial charge in [-0.3, -0.25) is 0 Å². The number of hydrogen-bond acceptors (Lipinski definition) is 2. The zero-order valence-corrected chi connectivity index (χ0v) is 12.8. The topological polar surface area (TPSA) is 25.8 Å². The van der Waals surface area contributed by atoms with Crippen LogP contribution in [0, 0.1) is 12.7 Å². The smallest absolute Gasteiger partial charge is 0.164 e. The van der Waals surface area contributed by atoms with E-state index >= 15 is 0 Å². The van der Waals surface area contributed by atoms with Gasteiger partial charge in [-0.05, 0) is 42.8 Å². The van der Waals surface area contributed by atoms with Crippen molar-refractivity contribution in [2.24, 2.45) is 0 Å². The van der Waals surface area contributed by atoms with Gasteiger partial charge in [-0.25, -0.2) is 14.4 Å². The minimum Gasteiger partial charge on any atom is -0.228 e. The molecule has 1 aromatic heterocycles. The number of benzene rings is 2. The maximum Gasteiger partial charge on any atom is 0.164 e. The molecule has 5 heteroatoms. The van der Waals surface area contributed by atoms with Gasteiger partial charge in [0.15, 0.2) is 5.82 Å². The summed E-state index contributed by atoms with van der Waals surface area (Å²) in [6.07, 6.45) is 0. The fraction of sp³-hybridized carbons (Fsp3) is 0.0667. The summed E-state index contributed by atoms with van der Waals surface area (Å²) in [7, 11) is 0. The molecule has 2 aromatic carbocycles. The van der Waals surface area contributed by atoms with Crippen molar-refractivity contribution >= 4 is 38.4 Å². The van der Waals surface area contributed by atoms with E-state index in [1.807, 2.05) is 31.2 Å². The van der Waals surface area contributed by atoms with Gasteiger partial charge in [0, 0.05) is 9.86 Å². The maximum atomic E-state index is 14.0. The Hall–Kier alpha value is -1.52. The minimum atomic E-state index is -0.350. The summed E-state index contributed by atoms with van der Waals surface area (Å²) in [6, 6.07) is 10.5. The van der Waals surface area contributed by atoms with Gasteiger partial charge in [0.25, 0.3) is 0 Å². The Morgan fingerprint density at radius 3 is 2.65 bits per heavy atom. The fourth-order valence-corrected chi connectivity index (χ4v) is 2.58. The molecule has 0 aliphatic rings. The van der Waals surface area contributed by atoms with Gasteiger partial charge in [0.05, 0.1) is 11.1 Å². The molecule has 0 saturated heterocycles. The molecule has 0 unspecified atom stereocenters. The van der Waals surface area contributed by atoms with Crippen molar-refractivity contribution in [3.05, 3.63) is 57.4 Å². The highest BCUT2D eigenvalue weighted by Gasteiger charge is 2.12. The molecule has 0 aliphatic heterocycles. The lowest BCUT2D eigenvalue weighted by Crippen LogP contribution is -1.95. The van der Waals surface area contributed by atoms with Crippen LogP contribution in [0.2, 0.25) is 5.15 Å². The van der Waals surface area contributed by atoms with Gasteiger partial charge in [0.1, 0.15) is 11.0 Å². The zero-order valence-electron chi connectivity index (χ0n) is 10.5. The van der Waals surface area contributed by atoms with E-state index in [2.05, 4.69) is 25.9 Å². The first-order valence-electron chi connectivity index (χ1n) is 5.94. The van der Waals surface area contributed by atoms with Crippen LogP contribution >= 0.6 is 27.5 Å². The Morgan fingerprint density at radius 2 is 1.90 bits per heavy atom. The first-order valence-corrected chi connectivity index (χ1v) is 7.11. The molecular weight excluding hydrogens is 343 g/mol. The average Bonchev–Trinajstić information content (AvgIpc) is 2.39. The second-order valence-corrected chi connectivity index (χ2v) is 5.76. The van der Waals surface area contributed by atoms with Crippen molar-refractivity contribution in [2.75, 3.05) is 0 Å². The number of fused-ring (bicyclic) bond motifs is 1. The lowest BCUT2D eigenvalue weighted by Gasteiger charge is -2.06. The molecule has 0 spiro atoms. The van der Waals surface area contributed by atoms with Crippen LogP contribution in [0.25, 0.3) is 22.3 Å². The minimum absolute atomic E-state index is 0.294. The van der Waals surface area contributed by atoms with E-state index in [-0.39, 0.29) is 5.82 Å². The van der Waals surface area contributed by atoms with Gasteiger partial charge in [0.2, 0.25) is 0 Å². The van der Waals surface area contributed by atoms with E-state index in [0.717, 1.165) is 15.4 Å². The largest absolute Gasteiger partial charge is 0.228 e. The Kier molecular flexibility index (Phi) is 3.44. The number of aromatic nitrogens is 2. The monoisotopic (exact) mass is 350 g/mol. The second-order valence-electron chi connectivity index (χ2n) is 4.48. The zero-order chi connectivity index (χ0) is 14.3. The predicted molar refractivity (Wildman–Crippen MR) is 82.4 cm³/mol. The molecule has 0 radical (unpaired) electrons. The van der Waals surface area contributed by atoms with Gasteiger partial charge in [-0.2, -0.15) is 0 Å². The Bertz CT molecular complexity index is 820. The highest BCUT2D eigenvalue weighted by Crippen LogP contribution is 2.28. The van der Waals surface area contributed by atoms with E-state index in [1.54, 1.807) is 6.07 Å². The summed E-state index contributed by atoms with van der Waals surface area (Å²) in [5.74, 6) is -0.0557. The van der Waals surface area contributed by atoms with Crippen molar-refractivity contribution in [3.63, 3.8) is 0 Å². The Balaban J connectivity index is 2.24. The lowest BCUT2D eigenvalue weighted by molar-refractivity contribution is 0.629. The third-order valence-electron chi connectivity index (χ3n) is 2.98. The summed E-state index contributed by atoms with van der Waals surface area (Å²) in [4.78, 5) is 8.58. The van der Waals surface area contributed by atoms with E-state index < -0.39 is 0 Å². The van der Waals surface area contributed by atoms with E-state index in [1.165, 1.54) is 6.07 Å². The lowest BCUT2D eigenvalue weighted by atomic mass is 10.1. The highest BCUT2D eigenvalue weighted by atomic mass is 79.9. The molecule has 0 aliphatic carbocycles. The molecule has 2 nitrogen and oxygen atoms in total. The summed E-state index contributed by atoms with van der Waals surface area (Å²) in [5.41, 5.74) is 1.88. The molecular formula is C15H9BrClFN2. The van der Waals surface area contributed by atoms with Crippen molar-refractivity contribution in [3.8, 4) is 11.4 Å². The molecule has 0 bridgehead atoms. The molecule has 0 atom stereocenters. The van der Waals surface area contributed by atoms with Crippen LogP contribution in [0.5, 0.6) is 0 Å². The van der Waals surface area contributed by atoms with Crippen molar-refractivity contribution in [1.82, 2.24) is 9.97 Å². The number of aryl methyl sites for hydroxylation is 1. The van der Waals surface area contributed by atoms with Gasteiger partial charge in [-0.1, -0.05) is 33.6 Å². The average molecular weight is 352 g/mol. The molecule has 0 amide bonds. The van der Waals surface area contributed by atoms with Crippen LogP contribution in [-0.4, -0.2) is 9.97 Å². The molecule has 0 fully saturated rings. The number of hydrogen-bond donors (Lipinski definition) is 0. The van der Waals surface area contributed by atoms with Crippen molar-refractivity contribution in [1.29, 1.82) is 0 Å². The van der Waals surface area contributed by atoms with Crippen LogP contribution in [0.1, 0.15) is 5.56 Å². The van der Waals surface area contributed by atoms with Crippen LogP contribution in [-0.2, 0) is 0 Å². The first kappa shape index (κ1) is 13.5. The Labute approximate surface area is 128 Å². The fourth-order valence-electron chi connectivity index (χ4n) is 1.99. The third kappa shape index (κ3) is 2.41. The van der Waals surface area contributed by atoms with Crippen LogP contribution in [0.3, 0.4) is 0 Å². The molecule has 20 heavy (non-hydrogen) atoms. The van der Waals surface area contributed by atoms with Crippen LogP contribution < -0.4 is 0 Å². The van der Waals surface area contributed by atoms with E-state index in [0.29, 0.717) is 22.1 Å². The van der Waals surface area contributed by atoms with E-state index in [4.69, 9.17) is 11.6 Å². The third-order valence-corrected chi connectivity index (χ3v) is 3.76. The van der Waals surface area contributed by atoms with Crippen molar-refractivity contribution in [2.45, 2.75) is 6.92 Å². The van der Waals surface area contributed by atoms with Gasteiger partial charge in [-0.15, -0.1) is 0 Å². The summed E-state index contributed by atoms with van der Waals surface area (Å²) in [5, 5.41) is 1.04. The Morgan fingerprint density at radius 1 is 1.10 bits per heavy atom. The standard InChI is InChI=1S/C15H9BrClFN2/c1-8-2-4-10(12(18)6-8)15-19-13-5-3-9(16)7-11(13)14(17)20-15/h2-7H,1H3. The molecule has 0 saturated carbocycles.